The first-order valence-corrected chi connectivity index (χ1v) is 20.1. The van der Waals surface area contributed by atoms with Crippen LogP contribution in [0.2, 0.25) is 19.6 Å². The van der Waals surface area contributed by atoms with Crippen LogP contribution in [-0.2, 0) is 57.5 Å². The number of rotatable bonds is 15. The van der Waals surface area contributed by atoms with Crippen LogP contribution in [0.15, 0.2) is 120 Å². The van der Waals surface area contributed by atoms with Gasteiger partial charge in [0.2, 0.25) is 6.29 Å². The van der Waals surface area contributed by atoms with E-state index < -0.39 is 49.1 Å². The quantitative estimate of drug-likeness (QED) is 0.110. The van der Waals surface area contributed by atoms with Crippen LogP contribution in [-0.4, -0.2) is 59.0 Å². The van der Waals surface area contributed by atoms with Gasteiger partial charge in [-0.25, -0.2) is 9.17 Å². The molecule has 1 aliphatic rings. The van der Waals surface area contributed by atoms with Gasteiger partial charge in [-0.2, -0.15) is 8.42 Å². The second kappa shape index (κ2) is 16.0. The van der Waals surface area contributed by atoms with E-state index in [1.54, 1.807) is 12.1 Å². The van der Waals surface area contributed by atoms with Crippen LogP contribution in [0.4, 0.5) is 0 Å². The molecule has 9 nitrogen and oxygen atoms in total. The maximum absolute atomic E-state index is 13.5. The number of pyridine rings is 1. The smallest absolute Gasteiger partial charge is 0.317 e. The summed E-state index contributed by atoms with van der Waals surface area (Å²) in [6, 6.07) is 33.9. The van der Waals surface area contributed by atoms with Gasteiger partial charge in [0.25, 0.3) is 0 Å². The number of hydrogen-bond donors (Lipinski definition) is 0. The van der Waals surface area contributed by atoms with Crippen LogP contribution in [0.1, 0.15) is 16.7 Å². The van der Waals surface area contributed by atoms with Crippen molar-refractivity contribution in [3.63, 3.8) is 0 Å². The van der Waals surface area contributed by atoms with E-state index in [0.29, 0.717) is 6.61 Å². The van der Waals surface area contributed by atoms with Crippen LogP contribution in [0, 0.1) is 0 Å². The van der Waals surface area contributed by atoms with Gasteiger partial charge in [-0.05, 0) is 48.5 Å². The fourth-order valence-corrected chi connectivity index (χ4v) is 7.08. The molecule has 1 saturated heterocycles. The van der Waals surface area contributed by atoms with E-state index in [9.17, 15) is 8.42 Å². The minimum absolute atomic E-state index is 0.0860. The summed E-state index contributed by atoms with van der Waals surface area (Å²) in [4.78, 5) is 4.01. The topological polar surface area (TPSA) is 102 Å². The highest BCUT2D eigenvalue weighted by Crippen LogP contribution is 2.34. The summed E-state index contributed by atoms with van der Waals surface area (Å²) in [5, 5.41) is -0.230. The van der Waals surface area contributed by atoms with Crippen molar-refractivity contribution in [1.82, 2.24) is 4.98 Å². The Balaban J connectivity index is 1.49. The van der Waals surface area contributed by atoms with Gasteiger partial charge in [-0.1, -0.05) is 97.1 Å². The van der Waals surface area contributed by atoms with Crippen LogP contribution in [0.5, 0.6) is 0 Å². The molecule has 0 saturated carbocycles. The third-order valence-corrected chi connectivity index (χ3v) is 9.34. The number of nitrogens with zero attached hydrogens (tertiary/aromatic N) is 1. The fraction of sp³-hybridized carbons (Fsp3) is 0.343. The Morgan fingerprint density at radius 2 is 1.20 bits per heavy atom. The minimum Gasteiger partial charge on any atom is -0.407 e. The van der Waals surface area contributed by atoms with Crippen molar-refractivity contribution in [3.8, 4) is 0 Å². The van der Waals surface area contributed by atoms with E-state index in [0.717, 1.165) is 16.7 Å². The average molecular weight is 664 g/mol. The predicted molar refractivity (Wildman–Crippen MR) is 176 cm³/mol. The fourth-order valence-electron chi connectivity index (χ4n) is 5.08. The summed E-state index contributed by atoms with van der Waals surface area (Å²) >= 11 is 0. The van der Waals surface area contributed by atoms with Crippen LogP contribution in [0.3, 0.4) is 0 Å². The summed E-state index contributed by atoms with van der Waals surface area (Å²) in [7, 11) is -6.67. The van der Waals surface area contributed by atoms with Crippen molar-refractivity contribution in [2.24, 2.45) is 0 Å². The first kappa shape index (κ1) is 34.1. The SMILES string of the molecule is C[Si](C)(C)O[C@H]1[C@H](OS(=O)(=O)c2ccccn2)O[C@H](COCc2ccccc2)[C@H](OCc2ccccc2)[C@@H]1OCc1ccccc1. The van der Waals surface area contributed by atoms with Gasteiger partial charge >= 0.3 is 10.1 Å². The largest absolute Gasteiger partial charge is 0.407 e. The second-order valence-corrected chi connectivity index (χ2v) is 18.0. The molecule has 46 heavy (non-hydrogen) atoms. The van der Waals surface area contributed by atoms with E-state index in [-0.39, 0.29) is 24.8 Å². The molecule has 1 aliphatic heterocycles. The normalized spacial score (nSPS) is 22.0. The van der Waals surface area contributed by atoms with E-state index in [4.69, 9.17) is 27.6 Å². The zero-order valence-electron chi connectivity index (χ0n) is 26.3. The lowest BCUT2D eigenvalue weighted by Gasteiger charge is -2.47. The highest BCUT2D eigenvalue weighted by Gasteiger charge is 2.51. The van der Waals surface area contributed by atoms with Gasteiger partial charge in [-0.15, -0.1) is 0 Å². The molecule has 0 spiro atoms. The molecule has 1 fully saturated rings. The Bertz CT molecular complexity index is 1570. The van der Waals surface area contributed by atoms with Gasteiger partial charge in [-0.3, -0.25) is 0 Å². The average Bonchev–Trinajstić information content (AvgIpc) is 3.05. The lowest BCUT2D eigenvalue weighted by molar-refractivity contribution is -0.295. The Kier molecular flexibility index (Phi) is 11.9. The highest BCUT2D eigenvalue weighted by atomic mass is 32.2. The summed E-state index contributed by atoms with van der Waals surface area (Å²) < 4.78 is 65.2. The third kappa shape index (κ3) is 9.87. The van der Waals surface area contributed by atoms with E-state index in [1.807, 2.05) is 111 Å². The lowest BCUT2D eigenvalue weighted by Crippen LogP contribution is -2.63. The summed E-state index contributed by atoms with van der Waals surface area (Å²) in [6.07, 6.45) is -3.15. The maximum Gasteiger partial charge on any atom is 0.317 e. The summed E-state index contributed by atoms with van der Waals surface area (Å²) in [6.45, 7) is 6.96. The number of benzene rings is 3. The molecule has 0 N–H and O–H groups in total. The number of hydrogen-bond acceptors (Lipinski definition) is 9. The van der Waals surface area contributed by atoms with Crippen molar-refractivity contribution in [2.75, 3.05) is 6.61 Å². The molecular formula is C35H41NO8SSi. The maximum atomic E-state index is 13.5. The molecule has 2 heterocycles. The standard InChI is InChI=1S/C35H41NO8SSi/c1-46(2,3)44-34-33(41-25-29-19-11-6-12-20-29)32(40-24-28-17-9-5-10-18-28)30(26-39-23-27-15-7-4-8-16-27)42-35(34)43-45(37,38)31-21-13-14-22-36-31/h4-22,30,32-35H,23-26H2,1-3H3/t30-,32+,33+,34-,35+/m1/s1. The zero-order chi connectivity index (χ0) is 32.4. The second-order valence-electron chi connectivity index (χ2n) is 12.0. The number of ether oxygens (including phenoxy) is 4. The van der Waals surface area contributed by atoms with Crippen molar-refractivity contribution in [2.45, 2.75) is 75.2 Å². The predicted octanol–water partition coefficient (Wildman–Crippen LogP) is 6.12. The molecule has 5 atom stereocenters. The van der Waals surface area contributed by atoms with Crippen LogP contribution in [0.25, 0.3) is 0 Å². The molecule has 0 bridgehead atoms. The molecule has 0 radical (unpaired) electrons. The van der Waals surface area contributed by atoms with Crippen molar-refractivity contribution in [3.05, 3.63) is 132 Å². The van der Waals surface area contributed by atoms with Gasteiger partial charge in [0.05, 0.1) is 26.4 Å². The molecule has 0 aliphatic carbocycles. The summed E-state index contributed by atoms with van der Waals surface area (Å²) in [5.74, 6) is 0. The highest BCUT2D eigenvalue weighted by molar-refractivity contribution is 7.86. The van der Waals surface area contributed by atoms with Gasteiger partial charge in [0.15, 0.2) is 13.3 Å². The van der Waals surface area contributed by atoms with Crippen molar-refractivity contribution >= 4 is 18.4 Å². The summed E-state index contributed by atoms with van der Waals surface area (Å²) in [5.41, 5.74) is 2.90. The van der Waals surface area contributed by atoms with E-state index in [1.165, 1.54) is 12.3 Å². The molecule has 0 unspecified atom stereocenters. The molecule has 244 valence electrons. The van der Waals surface area contributed by atoms with Gasteiger partial charge < -0.3 is 23.4 Å². The van der Waals surface area contributed by atoms with Gasteiger partial charge in [0.1, 0.15) is 24.4 Å². The van der Waals surface area contributed by atoms with E-state index in [2.05, 4.69) is 4.98 Å². The van der Waals surface area contributed by atoms with E-state index >= 15 is 0 Å². The molecule has 3 aromatic carbocycles. The first-order valence-electron chi connectivity index (χ1n) is 15.3. The monoisotopic (exact) mass is 663 g/mol. The van der Waals surface area contributed by atoms with Crippen LogP contribution < -0.4 is 0 Å². The Labute approximate surface area is 272 Å². The molecule has 0 amide bonds. The molecular weight excluding hydrogens is 623 g/mol. The zero-order valence-corrected chi connectivity index (χ0v) is 28.1. The Morgan fingerprint density at radius 3 is 1.72 bits per heavy atom. The first-order chi connectivity index (χ1) is 22.2. The molecule has 4 aromatic rings. The Morgan fingerprint density at radius 1 is 0.674 bits per heavy atom. The molecule has 5 rings (SSSR count). The Hall–Kier alpha value is -3.26. The molecule has 11 heteroatoms. The third-order valence-electron chi connectivity index (χ3n) is 7.16. The molecule has 1 aromatic heterocycles. The lowest BCUT2D eigenvalue weighted by atomic mass is 9.98. The van der Waals surface area contributed by atoms with Crippen LogP contribution >= 0.6 is 0 Å². The minimum atomic E-state index is -4.34. The number of aromatic nitrogens is 1. The van der Waals surface area contributed by atoms with Crippen molar-refractivity contribution in [1.29, 1.82) is 0 Å². The van der Waals surface area contributed by atoms with Crippen molar-refractivity contribution < 1.29 is 36.0 Å². The van der Waals surface area contributed by atoms with Gasteiger partial charge in [0, 0.05) is 6.20 Å².